The Labute approximate surface area is 176 Å². The van der Waals surface area contributed by atoms with Gasteiger partial charge in [0, 0.05) is 39.3 Å². The number of carbonyl (C=O) groups is 1. The Morgan fingerprint density at radius 1 is 1.17 bits per heavy atom. The Bertz CT molecular complexity index is 672. The SMILES string of the molecule is CCCCCCCC(=O)N1CC1(CN1CCCC1)[C@H](O)c1cccc(N(C)C)c1. The van der Waals surface area contributed by atoms with Crippen molar-refractivity contribution in [3.63, 3.8) is 0 Å². The van der Waals surface area contributed by atoms with Gasteiger partial charge in [0.2, 0.25) is 5.91 Å². The van der Waals surface area contributed by atoms with Crippen LogP contribution in [-0.4, -0.2) is 66.6 Å². The number of amides is 1. The van der Waals surface area contributed by atoms with Gasteiger partial charge in [-0.25, -0.2) is 0 Å². The van der Waals surface area contributed by atoms with Crippen LogP contribution in [0.25, 0.3) is 0 Å². The quantitative estimate of drug-likeness (QED) is 0.452. The first-order valence-corrected chi connectivity index (χ1v) is 11.5. The number of hydrogen-bond donors (Lipinski definition) is 1. The maximum Gasteiger partial charge on any atom is 0.223 e. The molecule has 0 aliphatic carbocycles. The second-order valence-electron chi connectivity index (χ2n) is 9.12. The van der Waals surface area contributed by atoms with Crippen LogP contribution in [0.2, 0.25) is 0 Å². The third-order valence-corrected chi connectivity index (χ3v) is 6.57. The fourth-order valence-corrected chi connectivity index (χ4v) is 4.66. The van der Waals surface area contributed by atoms with Crippen molar-refractivity contribution >= 4 is 11.6 Å². The molecule has 3 rings (SSSR count). The summed E-state index contributed by atoms with van der Waals surface area (Å²) in [7, 11) is 4.02. The molecule has 2 heterocycles. The van der Waals surface area contributed by atoms with E-state index in [1.807, 2.05) is 31.1 Å². The molecule has 162 valence electrons. The van der Waals surface area contributed by atoms with Crippen LogP contribution in [0.15, 0.2) is 24.3 Å². The highest BCUT2D eigenvalue weighted by Crippen LogP contribution is 2.45. The molecule has 2 saturated heterocycles. The van der Waals surface area contributed by atoms with Crippen LogP contribution in [0.3, 0.4) is 0 Å². The minimum atomic E-state index is -0.646. The van der Waals surface area contributed by atoms with Gasteiger partial charge >= 0.3 is 0 Å². The molecule has 1 aromatic rings. The zero-order valence-corrected chi connectivity index (χ0v) is 18.6. The van der Waals surface area contributed by atoms with Gasteiger partial charge in [0.25, 0.3) is 0 Å². The van der Waals surface area contributed by atoms with E-state index < -0.39 is 11.6 Å². The molecule has 1 amide bonds. The van der Waals surface area contributed by atoms with Crippen LogP contribution >= 0.6 is 0 Å². The molecule has 2 fully saturated rings. The second kappa shape index (κ2) is 9.94. The first-order chi connectivity index (χ1) is 14.0. The summed E-state index contributed by atoms with van der Waals surface area (Å²) < 4.78 is 0. The van der Waals surface area contributed by atoms with Gasteiger partial charge in [0.05, 0.1) is 0 Å². The molecule has 0 saturated carbocycles. The lowest BCUT2D eigenvalue weighted by atomic mass is 9.94. The first-order valence-electron chi connectivity index (χ1n) is 11.5. The minimum Gasteiger partial charge on any atom is -0.386 e. The molecule has 2 aliphatic rings. The number of carbonyl (C=O) groups excluding carboxylic acids is 1. The first kappa shape index (κ1) is 22.1. The predicted molar refractivity (Wildman–Crippen MR) is 119 cm³/mol. The van der Waals surface area contributed by atoms with E-state index in [0.717, 1.165) is 43.7 Å². The number of likely N-dealkylation sites (tertiary alicyclic amines) is 1. The molecular formula is C24H39N3O2. The third-order valence-electron chi connectivity index (χ3n) is 6.57. The van der Waals surface area contributed by atoms with Gasteiger partial charge in [-0.1, -0.05) is 44.7 Å². The Kier molecular flexibility index (Phi) is 7.58. The highest BCUT2D eigenvalue weighted by atomic mass is 16.3. The lowest BCUT2D eigenvalue weighted by molar-refractivity contribution is -0.128. The highest BCUT2D eigenvalue weighted by molar-refractivity contribution is 5.80. The van der Waals surface area contributed by atoms with E-state index in [2.05, 4.69) is 28.9 Å². The van der Waals surface area contributed by atoms with Gasteiger partial charge in [-0.05, 0) is 50.0 Å². The smallest absolute Gasteiger partial charge is 0.223 e. The summed E-state index contributed by atoms with van der Waals surface area (Å²) >= 11 is 0. The average Bonchev–Trinajstić information content (AvgIpc) is 3.22. The van der Waals surface area contributed by atoms with E-state index in [0.29, 0.717) is 13.0 Å². The van der Waals surface area contributed by atoms with E-state index in [4.69, 9.17) is 0 Å². The van der Waals surface area contributed by atoms with E-state index in [-0.39, 0.29) is 5.91 Å². The normalized spacial score (nSPS) is 22.7. The summed E-state index contributed by atoms with van der Waals surface area (Å²) in [5, 5.41) is 11.4. The van der Waals surface area contributed by atoms with Crippen molar-refractivity contribution in [3.8, 4) is 0 Å². The van der Waals surface area contributed by atoms with E-state index in [1.165, 1.54) is 32.1 Å². The molecule has 0 spiro atoms. The summed E-state index contributed by atoms with van der Waals surface area (Å²) in [6.07, 6.45) is 8.16. The zero-order valence-electron chi connectivity index (χ0n) is 18.6. The second-order valence-corrected chi connectivity index (χ2v) is 9.12. The highest BCUT2D eigenvalue weighted by Gasteiger charge is 2.60. The molecule has 5 heteroatoms. The van der Waals surface area contributed by atoms with Crippen LogP contribution in [0.1, 0.15) is 70.0 Å². The van der Waals surface area contributed by atoms with Crippen molar-refractivity contribution in [2.45, 2.75) is 69.9 Å². The summed E-state index contributed by atoms with van der Waals surface area (Å²) in [5.41, 5.74) is 1.52. The zero-order chi connectivity index (χ0) is 20.9. The fourth-order valence-electron chi connectivity index (χ4n) is 4.66. The van der Waals surface area contributed by atoms with Crippen molar-refractivity contribution < 1.29 is 9.90 Å². The molecule has 1 unspecified atom stereocenters. The Balaban J connectivity index is 1.70. The number of aliphatic hydroxyl groups excluding tert-OH is 1. The third kappa shape index (κ3) is 5.32. The number of nitrogens with zero attached hydrogens (tertiary/aromatic N) is 3. The molecule has 2 atom stereocenters. The van der Waals surface area contributed by atoms with Crippen molar-refractivity contribution in [2.75, 3.05) is 45.2 Å². The van der Waals surface area contributed by atoms with Crippen LogP contribution in [0.5, 0.6) is 0 Å². The van der Waals surface area contributed by atoms with Crippen molar-refractivity contribution in [3.05, 3.63) is 29.8 Å². The van der Waals surface area contributed by atoms with Crippen LogP contribution in [0.4, 0.5) is 5.69 Å². The summed E-state index contributed by atoms with van der Waals surface area (Å²) in [6.45, 7) is 5.81. The largest absolute Gasteiger partial charge is 0.386 e. The molecule has 29 heavy (non-hydrogen) atoms. The van der Waals surface area contributed by atoms with Crippen molar-refractivity contribution in [1.82, 2.24) is 9.80 Å². The standard InChI is InChI=1S/C24H39N3O2/c1-4-5-6-7-8-14-22(28)27-19-24(27,18-26-15-9-10-16-26)23(29)20-12-11-13-21(17-20)25(2)3/h11-13,17,23,29H,4-10,14-16,18-19H2,1-3H3/t23-,24?,27?/m1/s1. The Hall–Kier alpha value is -1.59. The topological polar surface area (TPSA) is 46.8 Å². The van der Waals surface area contributed by atoms with Gasteiger partial charge in [0.15, 0.2) is 0 Å². The maximum absolute atomic E-state index is 12.9. The van der Waals surface area contributed by atoms with Gasteiger partial charge in [-0.15, -0.1) is 0 Å². The number of benzene rings is 1. The molecule has 0 bridgehead atoms. The summed E-state index contributed by atoms with van der Waals surface area (Å²) in [5.74, 6) is 0.212. The number of hydrogen-bond acceptors (Lipinski definition) is 4. The van der Waals surface area contributed by atoms with E-state index in [1.54, 1.807) is 0 Å². The fraction of sp³-hybridized carbons (Fsp3) is 0.708. The lowest BCUT2D eigenvalue weighted by Gasteiger charge is -2.29. The van der Waals surface area contributed by atoms with Crippen molar-refractivity contribution in [1.29, 1.82) is 0 Å². The lowest BCUT2D eigenvalue weighted by Crippen LogP contribution is -2.41. The average molecular weight is 402 g/mol. The summed E-state index contributed by atoms with van der Waals surface area (Å²) in [4.78, 5) is 19.4. The minimum absolute atomic E-state index is 0.212. The van der Waals surface area contributed by atoms with Crippen LogP contribution < -0.4 is 4.90 Å². The van der Waals surface area contributed by atoms with Gasteiger partial charge in [-0.2, -0.15) is 0 Å². The van der Waals surface area contributed by atoms with Crippen LogP contribution in [0, 0.1) is 0 Å². The molecule has 1 aromatic carbocycles. The van der Waals surface area contributed by atoms with Gasteiger partial charge in [0.1, 0.15) is 11.6 Å². The maximum atomic E-state index is 12.9. The van der Waals surface area contributed by atoms with Crippen molar-refractivity contribution in [2.24, 2.45) is 0 Å². The number of unbranched alkanes of at least 4 members (excludes halogenated alkanes) is 4. The van der Waals surface area contributed by atoms with E-state index >= 15 is 0 Å². The Morgan fingerprint density at radius 3 is 2.59 bits per heavy atom. The van der Waals surface area contributed by atoms with Gasteiger partial charge < -0.3 is 19.8 Å². The molecule has 0 aromatic heterocycles. The summed E-state index contributed by atoms with van der Waals surface area (Å²) in [6, 6.07) is 8.10. The van der Waals surface area contributed by atoms with E-state index in [9.17, 15) is 9.90 Å². The molecule has 5 nitrogen and oxygen atoms in total. The molecule has 1 N–H and O–H groups in total. The van der Waals surface area contributed by atoms with Gasteiger partial charge in [-0.3, -0.25) is 4.79 Å². The number of rotatable bonds is 11. The Morgan fingerprint density at radius 2 is 1.90 bits per heavy atom. The predicted octanol–water partition coefficient (Wildman–Crippen LogP) is 3.82. The van der Waals surface area contributed by atoms with Crippen LogP contribution in [-0.2, 0) is 4.79 Å². The molecule has 0 radical (unpaired) electrons. The number of aliphatic hydroxyl groups is 1. The molecule has 2 aliphatic heterocycles. The number of anilines is 1. The molecular weight excluding hydrogens is 362 g/mol. The monoisotopic (exact) mass is 401 g/mol.